The fraction of sp³-hybridized carbons (Fsp3) is 0.421. The van der Waals surface area contributed by atoms with Crippen molar-refractivity contribution in [1.29, 1.82) is 0 Å². The lowest BCUT2D eigenvalue weighted by molar-refractivity contribution is -0.137. The van der Waals surface area contributed by atoms with Crippen LogP contribution in [0.1, 0.15) is 36.9 Å². The Kier molecular flexibility index (Phi) is 5.95. The standard InChI is InChI=1S/C19H24N4O2/c24-19(25)15-23-14-17(20-21-23)13-22-12-6-2-5-9-18(22)11-10-16-7-3-1-4-8-16/h1,3-4,7-8,10-11,14,18H,2,5-6,9,12-13,15H2,(H,24,25)/b11-10+. The molecule has 0 amide bonds. The molecule has 6 heteroatoms. The Hall–Kier alpha value is -2.47. The highest BCUT2D eigenvalue weighted by Crippen LogP contribution is 2.20. The maximum atomic E-state index is 10.8. The maximum Gasteiger partial charge on any atom is 0.325 e. The molecule has 1 aliphatic heterocycles. The van der Waals surface area contributed by atoms with E-state index in [0.717, 1.165) is 18.7 Å². The molecular formula is C19H24N4O2. The van der Waals surface area contributed by atoms with Crippen LogP contribution in [0.25, 0.3) is 6.08 Å². The Morgan fingerprint density at radius 3 is 2.88 bits per heavy atom. The molecule has 1 unspecified atom stereocenters. The lowest BCUT2D eigenvalue weighted by Gasteiger charge is -2.26. The van der Waals surface area contributed by atoms with Gasteiger partial charge in [0, 0.05) is 12.6 Å². The predicted molar refractivity (Wildman–Crippen MR) is 95.8 cm³/mol. The highest BCUT2D eigenvalue weighted by atomic mass is 16.4. The minimum atomic E-state index is -0.908. The van der Waals surface area contributed by atoms with E-state index in [4.69, 9.17) is 5.11 Å². The molecule has 2 aromatic rings. The zero-order valence-electron chi connectivity index (χ0n) is 14.3. The molecular weight excluding hydrogens is 316 g/mol. The quantitative estimate of drug-likeness (QED) is 0.875. The molecule has 1 saturated heterocycles. The number of rotatable bonds is 6. The number of aliphatic carboxylic acids is 1. The van der Waals surface area contributed by atoms with Crippen LogP contribution in [0.2, 0.25) is 0 Å². The van der Waals surface area contributed by atoms with E-state index < -0.39 is 5.97 Å². The minimum Gasteiger partial charge on any atom is -0.480 e. The van der Waals surface area contributed by atoms with Crippen molar-refractivity contribution >= 4 is 12.0 Å². The van der Waals surface area contributed by atoms with Gasteiger partial charge in [-0.3, -0.25) is 9.69 Å². The summed E-state index contributed by atoms with van der Waals surface area (Å²) in [4.78, 5) is 13.2. The van der Waals surface area contributed by atoms with Crippen molar-refractivity contribution in [1.82, 2.24) is 19.9 Å². The molecule has 1 atom stereocenters. The average Bonchev–Trinajstić information content (AvgIpc) is 2.91. The van der Waals surface area contributed by atoms with E-state index in [9.17, 15) is 4.79 Å². The molecule has 132 valence electrons. The van der Waals surface area contributed by atoms with E-state index in [1.807, 2.05) is 18.2 Å². The van der Waals surface area contributed by atoms with Crippen molar-refractivity contribution in [2.75, 3.05) is 6.54 Å². The van der Waals surface area contributed by atoms with Gasteiger partial charge in [0.1, 0.15) is 6.54 Å². The van der Waals surface area contributed by atoms with Gasteiger partial charge in [0.2, 0.25) is 0 Å². The molecule has 3 rings (SSSR count). The second kappa shape index (κ2) is 8.58. The van der Waals surface area contributed by atoms with Crippen LogP contribution in [0.5, 0.6) is 0 Å². The molecule has 0 aliphatic carbocycles. The summed E-state index contributed by atoms with van der Waals surface area (Å²) in [5.74, 6) is -0.908. The number of carboxylic acids is 1. The highest BCUT2D eigenvalue weighted by Gasteiger charge is 2.20. The van der Waals surface area contributed by atoms with E-state index in [0.29, 0.717) is 12.6 Å². The van der Waals surface area contributed by atoms with Crippen molar-refractivity contribution in [2.45, 2.75) is 44.8 Å². The van der Waals surface area contributed by atoms with Gasteiger partial charge in [-0.25, -0.2) is 4.68 Å². The lowest BCUT2D eigenvalue weighted by atomic mass is 10.1. The molecule has 1 aromatic carbocycles. The molecule has 1 aliphatic rings. The van der Waals surface area contributed by atoms with Crippen LogP contribution in [0, 0.1) is 0 Å². The fourth-order valence-electron chi connectivity index (χ4n) is 3.23. The fourth-order valence-corrected chi connectivity index (χ4v) is 3.23. The second-order valence-corrected chi connectivity index (χ2v) is 6.46. The van der Waals surface area contributed by atoms with Crippen LogP contribution in [0.4, 0.5) is 0 Å². The molecule has 0 bridgehead atoms. The number of nitrogens with zero attached hydrogens (tertiary/aromatic N) is 4. The van der Waals surface area contributed by atoms with E-state index in [-0.39, 0.29) is 6.54 Å². The Bertz CT molecular complexity index is 711. The van der Waals surface area contributed by atoms with Gasteiger partial charge in [0.25, 0.3) is 0 Å². The van der Waals surface area contributed by atoms with Crippen LogP contribution < -0.4 is 0 Å². The Labute approximate surface area is 147 Å². The van der Waals surface area contributed by atoms with Crippen molar-refractivity contribution < 1.29 is 9.90 Å². The third kappa shape index (κ3) is 5.26. The van der Waals surface area contributed by atoms with E-state index >= 15 is 0 Å². The number of likely N-dealkylation sites (tertiary alicyclic amines) is 1. The number of hydrogen-bond acceptors (Lipinski definition) is 4. The smallest absolute Gasteiger partial charge is 0.325 e. The first-order chi connectivity index (χ1) is 12.2. The van der Waals surface area contributed by atoms with Crippen LogP contribution in [0.15, 0.2) is 42.6 Å². The van der Waals surface area contributed by atoms with Gasteiger partial charge in [-0.05, 0) is 24.9 Å². The summed E-state index contributed by atoms with van der Waals surface area (Å²) in [7, 11) is 0. The molecule has 6 nitrogen and oxygen atoms in total. The van der Waals surface area contributed by atoms with Crippen LogP contribution in [-0.2, 0) is 17.9 Å². The van der Waals surface area contributed by atoms with Gasteiger partial charge >= 0.3 is 5.97 Å². The third-order valence-corrected chi connectivity index (χ3v) is 4.47. The first-order valence-corrected chi connectivity index (χ1v) is 8.79. The van der Waals surface area contributed by atoms with Crippen LogP contribution in [-0.4, -0.2) is 43.6 Å². The van der Waals surface area contributed by atoms with Crippen molar-refractivity contribution in [3.63, 3.8) is 0 Å². The number of hydrogen-bond donors (Lipinski definition) is 1. The molecule has 1 fully saturated rings. The summed E-state index contributed by atoms with van der Waals surface area (Å²) >= 11 is 0. The van der Waals surface area contributed by atoms with Gasteiger partial charge < -0.3 is 5.11 Å². The summed E-state index contributed by atoms with van der Waals surface area (Å²) in [6, 6.07) is 10.7. The minimum absolute atomic E-state index is 0.148. The van der Waals surface area contributed by atoms with Gasteiger partial charge in [-0.15, -0.1) is 5.10 Å². The molecule has 25 heavy (non-hydrogen) atoms. The van der Waals surface area contributed by atoms with Gasteiger partial charge in [0.05, 0.1) is 11.9 Å². The monoisotopic (exact) mass is 340 g/mol. The van der Waals surface area contributed by atoms with E-state index in [1.54, 1.807) is 6.20 Å². The predicted octanol–water partition coefficient (Wildman–Crippen LogP) is 2.82. The molecule has 0 spiro atoms. The van der Waals surface area contributed by atoms with Crippen molar-refractivity contribution in [3.8, 4) is 0 Å². The largest absolute Gasteiger partial charge is 0.480 e. The number of aromatic nitrogens is 3. The average molecular weight is 340 g/mol. The lowest BCUT2D eigenvalue weighted by Crippen LogP contribution is -2.33. The molecule has 0 radical (unpaired) electrons. The molecule has 1 aromatic heterocycles. The zero-order valence-corrected chi connectivity index (χ0v) is 14.3. The van der Waals surface area contributed by atoms with Gasteiger partial charge in [-0.1, -0.05) is 60.5 Å². The Morgan fingerprint density at radius 2 is 2.08 bits per heavy atom. The molecule has 2 heterocycles. The normalized spacial score (nSPS) is 19.1. The number of carbonyl (C=O) groups is 1. The van der Waals surface area contributed by atoms with Crippen molar-refractivity contribution in [2.24, 2.45) is 0 Å². The summed E-state index contributed by atoms with van der Waals surface area (Å²) in [5.41, 5.74) is 2.03. The van der Waals surface area contributed by atoms with Gasteiger partial charge in [-0.2, -0.15) is 0 Å². The van der Waals surface area contributed by atoms with Gasteiger partial charge in [0.15, 0.2) is 0 Å². The summed E-state index contributed by atoms with van der Waals surface area (Å²) in [6.07, 6.45) is 11.0. The number of benzene rings is 1. The van der Waals surface area contributed by atoms with E-state index in [2.05, 4.69) is 39.5 Å². The summed E-state index contributed by atoms with van der Waals surface area (Å²) < 4.78 is 1.38. The highest BCUT2D eigenvalue weighted by molar-refractivity contribution is 5.66. The summed E-state index contributed by atoms with van der Waals surface area (Å²) in [6.45, 7) is 1.57. The first kappa shape index (κ1) is 17.4. The number of carboxylic acid groups (broad SMARTS) is 1. The van der Waals surface area contributed by atoms with Crippen LogP contribution in [0.3, 0.4) is 0 Å². The zero-order chi connectivity index (χ0) is 17.5. The Morgan fingerprint density at radius 1 is 1.24 bits per heavy atom. The van der Waals surface area contributed by atoms with E-state index in [1.165, 1.54) is 29.5 Å². The summed E-state index contributed by atoms with van der Waals surface area (Å²) in [5, 5.41) is 16.9. The maximum absolute atomic E-state index is 10.8. The molecule has 1 N–H and O–H groups in total. The topological polar surface area (TPSA) is 71.2 Å². The van der Waals surface area contributed by atoms with Crippen LogP contribution >= 0.6 is 0 Å². The third-order valence-electron chi connectivity index (χ3n) is 4.47. The first-order valence-electron chi connectivity index (χ1n) is 8.79. The Balaban J connectivity index is 1.68. The SMILES string of the molecule is O=C(O)Cn1cc(CN2CCCCCC2/C=C/c2ccccc2)nn1. The second-order valence-electron chi connectivity index (χ2n) is 6.46. The molecule has 0 saturated carbocycles. The van der Waals surface area contributed by atoms with Crippen molar-refractivity contribution in [3.05, 3.63) is 53.9 Å².